The quantitative estimate of drug-likeness (QED) is 0.711. The average molecular weight is 209 g/mol. The van der Waals surface area contributed by atoms with Crippen molar-refractivity contribution in [1.82, 2.24) is 0 Å². The standard InChI is InChI=1S/C11H15NO3/c1-6-4-5-9(7(2)10(6)13)12-8(3)11(14)15/h4-5,8,12-13H,1-3H3,(H,14,15). The largest absolute Gasteiger partial charge is 0.507 e. The van der Waals surface area contributed by atoms with Crippen molar-refractivity contribution in [3.8, 4) is 5.75 Å². The summed E-state index contributed by atoms with van der Waals surface area (Å²) in [6.45, 7) is 5.10. The molecule has 0 aliphatic rings. The number of nitrogens with one attached hydrogen (secondary N) is 1. The van der Waals surface area contributed by atoms with Gasteiger partial charge in [0.1, 0.15) is 11.8 Å². The molecule has 15 heavy (non-hydrogen) atoms. The molecule has 0 saturated heterocycles. The number of carboxylic acids is 1. The van der Waals surface area contributed by atoms with Gasteiger partial charge in [0.25, 0.3) is 0 Å². The number of anilines is 1. The fourth-order valence-corrected chi connectivity index (χ4v) is 1.29. The van der Waals surface area contributed by atoms with Crippen LogP contribution in [0.15, 0.2) is 12.1 Å². The van der Waals surface area contributed by atoms with Gasteiger partial charge in [-0.3, -0.25) is 4.79 Å². The summed E-state index contributed by atoms with van der Waals surface area (Å²) in [7, 11) is 0. The minimum Gasteiger partial charge on any atom is -0.507 e. The Morgan fingerprint density at radius 3 is 2.53 bits per heavy atom. The lowest BCUT2D eigenvalue weighted by Gasteiger charge is -2.15. The molecule has 1 rings (SSSR count). The fraction of sp³-hybridized carbons (Fsp3) is 0.364. The molecule has 0 radical (unpaired) electrons. The van der Waals surface area contributed by atoms with Crippen molar-refractivity contribution < 1.29 is 15.0 Å². The van der Waals surface area contributed by atoms with E-state index in [-0.39, 0.29) is 5.75 Å². The molecule has 0 aromatic heterocycles. The van der Waals surface area contributed by atoms with E-state index in [0.29, 0.717) is 11.3 Å². The molecule has 4 heteroatoms. The molecule has 0 fully saturated rings. The zero-order valence-electron chi connectivity index (χ0n) is 9.03. The van der Waals surface area contributed by atoms with Crippen molar-refractivity contribution in [2.24, 2.45) is 0 Å². The number of carbonyl (C=O) groups is 1. The average Bonchev–Trinajstić information content (AvgIpc) is 2.18. The smallest absolute Gasteiger partial charge is 0.325 e. The van der Waals surface area contributed by atoms with Crippen LogP contribution in [0, 0.1) is 13.8 Å². The maximum Gasteiger partial charge on any atom is 0.325 e. The van der Waals surface area contributed by atoms with Crippen molar-refractivity contribution in [3.05, 3.63) is 23.3 Å². The number of carboxylic acid groups (broad SMARTS) is 1. The Morgan fingerprint density at radius 1 is 1.40 bits per heavy atom. The Kier molecular flexibility index (Phi) is 3.19. The number of rotatable bonds is 3. The third-order valence-corrected chi connectivity index (χ3v) is 2.38. The number of benzene rings is 1. The van der Waals surface area contributed by atoms with Gasteiger partial charge < -0.3 is 15.5 Å². The van der Waals surface area contributed by atoms with Crippen LogP contribution in [-0.4, -0.2) is 22.2 Å². The molecule has 0 aliphatic heterocycles. The third kappa shape index (κ3) is 2.40. The molecule has 0 spiro atoms. The first-order chi connectivity index (χ1) is 6.93. The summed E-state index contributed by atoms with van der Waals surface area (Å²) in [6.07, 6.45) is 0. The summed E-state index contributed by atoms with van der Waals surface area (Å²) in [4.78, 5) is 10.6. The number of phenolic OH excluding ortho intramolecular Hbond substituents is 1. The highest BCUT2D eigenvalue weighted by Gasteiger charge is 2.13. The van der Waals surface area contributed by atoms with Gasteiger partial charge in [-0.15, -0.1) is 0 Å². The van der Waals surface area contributed by atoms with Crippen molar-refractivity contribution in [2.45, 2.75) is 26.8 Å². The Morgan fingerprint density at radius 2 is 2.00 bits per heavy atom. The van der Waals surface area contributed by atoms with Crippen LogP contribution in [0.2, 0.25) is 0 Å². The maximum atomic E-state index is 10.6. The van der Waals surface area contributed by atoms with E-state index in [9.17, 15) is 9.90 Å². The molecule has 0 amide bonds. The molecule has 0 aliphatic carbocycles. The van der Waals surface area contributed by atoms with Crippen molar-refractivity contribution >= 4 is 11.7 Å². The summed E-state index contributed by atoms with van der Waals surface area (Å²) in [5.41, 5.74) is 2.09. The number of aromatic hydroxyl groups is 1. The predicted molar refractivity (Wildman–Crippen MR) is 58.3 cm³/mol. The van der Waals surface area contributed by atoms with E-state index in [2.05, 4.69) is 5.32 Å². The molecular formula is C11H15NO3. The highest BCUT2D eigenvalue weighted by molar-refractivity contribution is 5.77. The molecule has 4 nitrogen and oxygen atoms in total. The number of phenols is 1. The topological polar surface area (TPSA) is 69.6 Å². The molecule has 0 saturated carbocycles. The molecular weight excluding hydrogens is 194 g/mol. The highest BCUT2D eigenvalue weighted by atomic mass is 16.4. The zero-order chi connectivity index (χ0) is 11.6. The van der Waals surface area contributed by atoms with Crippen LogP contribution in [0.5, 0.6) is 5.75 Å². The zero-order valence-corrected chi connectivity index (χ0v) is 9.03. The van der Waals surface area contributed by atoms with Gasteiger partial charge in [0.05, 0.1) is 0 Å². The molecule has 0 heterocycles. The molecule has 3 N–H and O–H groups in total. The Hall–Kier alpha value is -1.71. The van der Waals surface area contributed by atoms with Gasteiger partial charge in [0.2, 0.25) is 0 Å². The van der Waals surface area contributed by atoms with Crippen molar-refractivity contribution in [1.29, 1.82) is 0 Å². The van der Waals surface area contributed by atoms with Crippen LogP contribution in [0.3, 0.4) is 0 Å². The Balaban J connectivity index is 2.97. The second kappa shape index (κ2) is 4.21. The number of aryl methyl sites for hydroxylation is 1. The molecule has 1 aromatic carbocycles. The highest BCUT2D eigenvalue weighted by Crippen LogP contribution is 2.28. The van der Waals surface area contributed by atoms with E-state index in [1.807, 2.05) is 0 Å². The van der Waals surface area contributed by atoms with E-state index in [1.165, 1.54) is 0 Å². The Labute approximate surface area is 88.6 Å². The predicted octanol–water partition coefficient (Wildman–Crippen LogP) is 1.89. The van der Waals surface area contributed by atoms with E-state index < -0.39 is 12.0 Å². The minimum absolute atomic E-state index is 0.206. The minimum atomic E-state index is -0.922. The fourth-order valence-electron chi connectivity index (χ4n) is 1.29. The number of hydrogen-bond acceptors (Lipinski definition) is 3. The summed E-state index contributed by atoms with van der Waals surface area (Å²) >= 11 is 0. The summed E-state index contributed by atoms with van der Waals surface area (Å²) in [5.74, 6) is -0.716. The number of aliphatic carboxylic acids is 1. The number of hydrogen-bond donors (Lipinski definition) is 3. The first kappa shape index (κ1) is 11.4. The summed E-state index contributed by atoms with van der Waals surface area (Å²) < 4.78 is 0. The second-order valence-corrected chi connectivity index (χ2v) is 3.61. The van der Waals surface area contributed by atoms with Gasteiger partial charge in [-0.1, -0.05) is 6.07 Å². The molecule has 1 aromatic rings. The lowest BCUT2D eigenvalue weighted by Crippen LogP contribution is -2.25. The van der Waals surface area contributed by atoms with Gasteiger partial charge in [0.15, 0.2) is 0 Å². The Bertz CT molecular complexity index is 388. The summed E-state index contributed by atoms with van der Waals surface area (Å²) in [5, 5.41) is 21.2. The van der Waals surface area contributed by atoms with Crippen LogP contribution in [0.25, 0.3) is 0 Å². The van der Waals surface area contributed by atoms with Gasteiger partial charge in [0, 0.05) is 11.3 Å². The monoisotopic (exact) mass is 209 g/mol. The molecule has 1 atom stereocenters. The summed E-state index contributed by atoms with van der Waals surface area (Å²) in [6, 6.07) is 2.84. The van der Waals surface area contributed by atoms with Crippen molar-refractivity contribution in [2.75, 3.05) is 5.32 Å². The third-order valence-electron chi connectivity index (χ3n) is 2.38. The van der Waals surface area contributed by atoms with Crippen LogP contribution in [0.4, 0.5) is 5.69 Å². The van der Waals surface area contributed by atoms with Crippen LogP contribution < -0.4 is 5.32 Å². The van der Waals surface area contributed by atoms with Crippen LogP contribution >= 0.6 is 0 Å². The van der Waals surface area contributed by atoms with Crippen LogP contribution in [-0.2, 0) is 4.79 Å². The van der Waals surface area contributed by atoms with E-state index in [0.717, 1.165) is 5.56 Å². The molecule has 1 unspecified atom stereocenters. The lowest BCUT2D eigenvalue weighted by atomic mass is 10.1. The molecule has 0 bridgehead atoms. The van der Waals surface area contributed by atoms with Gasteiger partial charge >= 0.3 is 5.97 Å². The van der Waals surface area contributed by atoms with Gasteiger partial charge in [-0.25, -0.2) is 0 Å². The van der Waals surface area contributed by atoms with Crippen LogP contribution in [0.1, 0.15) is 18.1 Å². The van der Waals surface area contributed by atoms with E-state index in [4.69, 9.17) is 5.11 Å². The normalized spacial score (nSPS) is 12.2. The van der Waals surface area contributed by atoms with E-state index >= 15 is 0 Å². The van der Waals surface area contributed by atoms with Gasteiger partial charge in [-0.05, 0) is 32.4 Å². The SMILES string of the molecule is Cc1ccc(NC(C)C(=O)O)c(C)c1O. The first-order valence-corrected chi connectivity index (χ1v) is 4.72. The lowest BCUT2D eigenvalue weighted by molar-refractivity contribution is -0.137. The van der Waals surface area contributed by atoms with Crippen molar-refractivity contribution in [3.63, 3.8) is 0 Å². The van der Waals surface area contributed by atoms with Gasteiger partial charge in [-0.2, -0.15) is 0 Å². The molecule has 82 valence electrons. The maximum absolute atomic E-state index is 10.6. The second-order valence-electron chi connectivity index (χ2n) is 3.61. The first-order valence-electron chi connectivity index (χ1n) is 4.72. The van der Waals surface area contributed by atoms with E-state index in [1.54, 1.807) is 32.9 Å².